The highest BCUT2D eigenvalue weighted by Gasteiger charge is 2.41. The maximum atomic E-state index is 12.5. The van der Waals surface area contributed by atoms with Crippen LogP contribution in [0.4, 0.5) is 10.6 Å². The molecule has 1 saturated heterocycles. The molecule has 1 aromatic heterocycles. The zero-order valence-corrected chi connectivity index (χ0v) is 13.9. The monoisotopic (exact) mass is 306 g/mol. The first kappa shape index (κ1) is 16.7. The Kier molecular flexibility index (Phi) is 4.70. The SMILES string of the molecule is CC[C@]1(CO)CCCN1C(=O)Nc1ccc(C(C)(C)C)nn1. The van der Waals surface area contributed by atoms with Crippen molar-refractivity contribution in [2.45, 2.75) is 57.9 Å². The number of nitrogens with zero attached hydrogens (tertiary/aromatic N) is 3. The first-order valence-electron chi connectivity index (χ1n) is 7.86. The Morgan fingerprint density at radius 2 is 2.14 bits per heavy atom. The molecule has 0 aromatic carbocycles. The molecule has 0 aliphatic carbocycles. The van der Waals surface area contributed by atoms with Gasteiger partial charge in [-0.3, -0.25) is 5.32 Å². The fraction of sp³-hybridized carbons (Fsp3) is 0.688. The van der Waals surface area contributed by atoms with Crippen molar-refractivity contribution >= 4 is 11.8 Å². The van der Waals surface area contributed by atoms with Gasteiger partial charge in [0, 0.05) is 12.0 Å². The molecule has 0 saturated carbocycles. The molecule has 1 atom stereocenters. The van der Waals surface area contributed by atoms with Crippen LogP contribution in [0.3, 0.4) is 0 Å². The van der Waals surface area contributed by atoms with Gasteiger partial charge in [0.25, 0.3) is 0 Å². The van der Waals surface area contributed by atoms with Crippen LogP contribution in [0, 0.1) is 0 Å². The van der Waals surface area contributed by atoms with Gasteiger partial charge in [0.15, 0.2) is 5.82 Å². The van der Waals surface area contributed by atoms with Crippen molar-refractivity contribution < 1.29 is 9.90 Å². The molecule has 6 heteroatoms. The van der Waals surface area contributed by atoms with E-state index in [2.05, 4.69) is 36.3 Å². The van der Waals surface area contributed by atoms with Gasteiger partial charge in [-0.2, -0.15) is 5.10 Å². The van der Waals surface area contributed by atoms with E-state index in [0.717, 1.165) is 25.0 Å². The van der Waals surface area contributed by atoms with Crippen molar-refractivity contribution in [3.63, 3.8) is 0 Å². The number of likely N-dealkylation sites (tertiary alicyclic amines) is 1. The summed E-state index contributed by atoms with van der Waals surface area (Å²) in [5, 5.41) is 20.7. The molecule has 2 heterocycles. The zero-order chi connectivity index (χ0) is 16.4. The van der Waals surface area contributed by atoms with Crippen LogP contribution < -0.4 is 5.32 Å². The summed E-state index contributed by atoms with van der Waals surface area (Å²) >= 11 is 0. The maximum absolute atomic E-state index is 12.5. The molecule has 1 aliphatic heterocycles. The van der Waals surface area contributed by atoms with Crippen molar-refractivity contribution in [1.82, 2.24) is 15.1 Å². The standard InChI is InChI=1S/C16H26N4O2/c1-5-16(11-21)9-6-10-20(16)14(22)17-13-8-7-12(18-19-13)15(2,3)4/h7-8,21H,5-6,9-11H2,1-4H3,(H,17,19,22)/t16-/m1/s1. The zero-order valence-electron chi connectivity index (χ0n) is 13.9. The topological polar surface area (TPSA) is 78.4 Å². The molecule has 2 amide bonds. The van der Waals surface area contributed by atoms with Crippen LogP contribution in [0.15, 0.2) is 12.1 Å². The van der Waals surface area contributed by atoms with Gasteiger partial charge >= 0.3 is 6.03 Å². The number of hydrogen-bond donors (Lipinski definition) is 2. The molecular weight excluding hydrogens is 280 g/mol. The first-order valence-corrected chi connectivity index (χ1v) is 7.86. The van der Waals surface area contributed by atoms with Gasteiger partial charge in [0.2, 0.25) is 0 Å². The normalized spacial score (nSPS) is 22.0. The first-order chi connectivity index (χ1) is 10.3. The van der Waals surface area contributed by atoms with Gasteiger partial charge in [0.1, 0.15) is 0 Å². The molecule has 0 spiro atoms. The third-order valence-corrected chi connectivity index (χ3v) is 4.46. The molecule has 1 aliphatic rings. The van der Waals surface area contributed by atoms with E-state index in [1.165, 1.54) is 0 Å². The van der Waals surface area contributed by atoms with Gasteiger partial charge in [-0.25, -0.2) is 4.79 Å². The summed E-state index contributed by atoms with van der Waals surface area (Å²) in [5.41, 5.74) is 0.367. The summed E-state index contributed by atoms with van der Waals surface area (Å²) in [6.45, 7) is 8.85. The summed E-state index contributed by atoms with van der Waals surface area (Å²) < 4.78 is 0. The number of aromatic nitrogens is 2. The van der Waals surface area contributed by atoms with E-state index in [9.17, 15) is 9.90 Å². The summed E-state index contributed by atoms with van der Waals surface area (Å²) in [6.07, 6.45) is 2.49. The molecule has 2 rings (SSSR count). The maximum Gasteiger partial charge on any atom is 0.323 e. The van der Waals surface area contributed by atoms with Gasteiger partial charge in [0.05, 0.1) is 17.8 Å². The van der Waals surface area contributed by atoms with Gasteiger partial charge < -0.3 is 10.0 Å². The highest BCUT2D eigenvalue weighted by Crippen LogP contribution is 2.32. The van der Waals surface area contributed by atoms with Crippen LogP contribution in [0.5, 0.6) is 0 Å². The molecule has 1 fully saturated rings. The van der Waals surface area contributed by atoms with Crippen LogP contribution in [-0.2, 0) is 5.41 Å². The number of anilines is 1. The van der Waals surface area contributed by atoms with E-state index >= 15 is 0 Å². The Hall–Kier alpha value is -1.69. The molecule has 122 valence electrons. The molecule has 0 radical (unpaired) electrons. The second-order valence-electron chi connectivity index (χ2n) is 6.98. The number of carbonyl (C=O) groups excluding carboxylic acids is 1. The number of aliphatic hydroxyl groups is 1. The second-order valence-corrected chi connectivity index (χ2v) is 6.98. The van der Waals surface area contributed by atoms with Crippen LogP contribution in [-0.4, -0.2) is 44.9 Å². The summed E-state index contributed by atoms with van der Waals surface area (Å²) in [6, 6.07) is 3.44. The van der Waals surface area contributed by atoms with Gasteiger partial charge in [-0.05, 0) is 31.4 Å². The van der Waals surface area contributed by atoms with Gasteiger partial charge in [-0.1, -0.05) is 27.7 Å². The van der Waals surface area contributed by atoms with E-state index in [1.54, 1.807) is 11.0 Å². The summed E-state index contributed by atoms with van der Waals surface area (Å²) in [4.78, 5) is 14.2. The average molecular weight is 306 g/mol. The molecule has 6 nitrogen and oxygen atoms in total. The van der Waals surface area contributed by atoms with Crippen LogP contribution in [0.1, 0.15) is 52.7 Å². The Morgan fingerprint density at radius 1 is 1.41 bits per heavy atom. The molecular formula is C16H26N4O2. The third kappa shape index (κ3) is 3.21. The molecule has 1 aromatic rings. The van der Waals surface area contributed by atoms with Crippen molar-refractivity contribution in [3.8, 4) is 0 Å². The lowest BCUT2D eigenvalue weighted by Gasteiger charge is -2.36. The lowest BCUT2D eigenvalue weighted by Crippen LogP contribution is -2.51. The number of urea groups is 1. The second kappa shape index (κ2) is 6.20. The van der Waals surface area contributed by atoms with E-state index in [4.69, 9.17) is 0 Å². The minimum atomic E-state index is -0.442. The number of carbonyl (C=O) groups is 1. The highest BCUT2D eigenvalue weighted by molar-refractivity contribution is 5.89. The van der Waals surface area contributed by atoms with E-state index in [0.29, 0.717) is 12.4 Å². The Bertz CT molecular complexity index is 518. The number of hydrogen-bond acceptors (Lipinski definition) is 4. The van der Waals surface area contributed by atoms with Crippen LogP contribution in [0.25, 0.3) is 0 Å². The molecule has 0 bridgehead atoms. The molecule has 22 heavy (non-hydrogen) atoms. The van der Waals surface area contributed by atoms with Crippen LogP contribution in [0.2, 0.25) is 0 Å². The van der Waals surface area contributed by atoms with Crippen molar-refractivity contribution in [2.24, 2.45) is 0 Å². The summed E-state index contributed by atoms with van der Waals surface area (Å²) in [5.74, 6) is 0.438. The minimum Gasteiger partial charge on any atom is -0.394 e. The van der Waals surface area contributed by atoms with E-state index in [-0.39, 0.29) is 18.1 Å². The number of nitrogens with one attached hydrogen (secondary N) is 1. The Balaban J connectivity index is 2.09. The van der Waals surface area contributed by atoms with Crippen LogP contribution >= 0.6 is 0 Å². The highest BCUT2D eigenvalue weighted by atomic mass is 16.3. The van der Waals surface area contributed by atoms with Crippen molar-refractivity contribution in [2.75, 3.05) is 18.5 Å². The predicted molar refractivity (Wildman–Crippen MR) is 85.8 cm³/mol. The fourth-order valence-corrected chi connectivity index (χ4v) is 2.88. The lowest BCUT2D eigenvalue weighted by atomic mass is 9.92. The third-order valence-electron chi connectivity index (χ3n) is 4.46. The Morgan fingerprint density at radius 3 is 2.64 bits per heavy atom. The molecule has 2 N–H and O–H groups in total. The van der Waals surface area contributed by atoms with Crippen molar-refractivity contribution in [1.29, 1.82) is 0 Å². The fourth-order valence-electron chi connectivity index (χ4n) is 2.88. The van der Waals surface area contributed by atoms with Gasteiger partial charge in [-0.15, -0.1) is 5.10 Å². The number of aliphatic hydroxyl groups excluding tert-OH is 1. The molecule has 0 unspecified atom stereocenters. The van der Waals surface area contributed by atoms with Crippen molar-refractivity contribution in [3.05, 3.63) is 17.8 Å². The number of amides is 2. The largest absolute Gasteiger partial charge is 0.394 e. The number of rotatable bonds is 3. The van der Waals surface area contributed by atoms with E-state index < -0.39 is 5.54 Å². The smallest absolute Gasteiger partial charge is 0.323 e. The van der Waals surface area contributed by atoms with E-state index in [1.807, 2.05) is 13.0 Å². The minimum absolute atomic E-state index is 0.00837. The lowest BCUT2D eigenvalue weighted by molar-refractivity contribution is 0.0867. The summed E-state index contributed by atoms with van der Waals surface area (Å²) in [7, 11) is 0. The quantitative estimate of drug-likeness (QED) is 0.899. The average Bonchev–Trinajstić information content (AvgIpc) is 2.91. The predicted octanol–water partition coefficient (Wildman–Crippen LogP) is 2.54. The Labute approximate surface area is 131 Å².